The first-order chi connectivity index (χ1) is 19.8. The zero-order valence-corrected chi connectivity index (χ0v) is 24.2. The van der Waals surface area contributed by atoms with Crippen LogP contribution in [0.5, 0.6) is 11.5 Å². The topological polar surface area (TPSA) is 77.4 Å². The molecule has 0 bridgehead atoms. The van der Waals surface area contributed by atoms with Crippen molar-refractivity contribution in [3.8, 4) is 11.5 Å². The molecule has 0 unspecified atom stereocenters. The van der Waals surface area contributed by atoms with Gasteiger partial charge in [0.05, 0.1) is 21.7 Å². The van der Waals surface area contributed by atoms with Gasteiger partial charge in [-0.1, -0.05) is 44.5 Å². The zero-order chi connectivity index (χ0) is 30.1. The molecule has 5 rings (SSSR count). The molecule has 0 aliphatic heterocycles. The molecule has 0 spiro atoms. The van der Waals surface area contributed by atoms with E-state index >= 15 is 0 Å². The van der Waals surface area contributed by atoms with Crippen molar-refractivity contribution in [1.82, 2.24) is 9.55 Å². The maximum absolute atomic E-state index is 12.6. The minimum Gasteiger partial charge on any atom is -0.484 e. The van der Waals surface area contributed by atoms with Crippen molar-refractivity contribution in [1.29, 1.82) is 0 Å². The summed E-state index contributed by atoms with van der Waals surface area (Å²) in [6.45, 7) is 6.56. The lowest BCUT2D eigenvalue weighted by Crippen LogP contribution is -2.29. The normalized spacial score (nSPS) is 18.5. The molecule has 0 saturated heterocycles. The van der Waals surface area contributed by atoms with Gasteiger partial charge < -0.3 is 24.7 Å². The lowest BCUT2D eigenvalue weighted by molar-refractivity contribution is -0.274. The third-order valence-electron chi connectivity index (χ3n) is 7.25. The van der Waals surface area contributed by atoms with Crippen LogP contribution in [0.3, 0.4) is 0 Å². The van der Waals surface area contributed by atoms with Crippen molar-refractivity contribution in [2.24, 2.45) is 11.3 Å². The highest BCUT2D eigenvalue weighted by atomic mass is 35.5. The van der Waals surface area contributed by atoms with Gasteiger partial charge >= 0.3 is 6.36 Å². The molecular weight excluding hydrogens is 569 g/mol. The van der Waals surface area contributed by atoms with Crippen LogP contribution in [0.15, 0.2) is 66.7 Å². The number of hydrogen-bond donors (Lipinski definition) is 2. The Kier molecular flexibility index (Phi) is 8.28. The van der Waals surface area contributed by atoms with Crippen molar-refractivity contribution in [3.63, 3.8) is 0 Å². The summed E-state index contributed by atoms with van der Waals surface area (Å²) in [4.78, 5) is 17.3. The number of alkyl halides is 3. The largest absolute Gasteiger partial charge is 0.573 e. The number of nitrogens with zero attached hydrogens (tertiary/aromatic N) is 2. The van der Waals surface area contributed by atoms with Crippen LogP contribution in [-0.4, -0.2) is 28.4 Å². The molecule has 42 heavy (non-hydrogen) atoms. The number of imidazole rings is 1. The SMILES string of the molecule is C[C@@H]1C[C@@H](n2c(Nc3ccc(OC(F)(F)F)cc3)nc3cc(OCC(=O)Nc4ccccc4Cl)ccc32)CC(C)(C)C1. The predicted octanol–water partition coefficient (Wildman–Crippen LogP) is 8.74. The number of fused-ring (bicyclic) bond motifs is 1. The summed E-state index contributed by atoms with van der Waals surface area (Å²) < 4.78 is 49.8. The van der Waals surface area contributed by atoms with E-state index in [4.69, 9.17) is 21.3 Å². The molecule has 222 valence electrons. The van der Waals surface area contributed by atoms with Crippen LogP contribution in [0.1, 0.15) is 46.1 Å². The smallest absolute Gasteiger partial charge is 0.484 e. The Bertz CT molecular complexity index is 1570. The summed E-state index contributed by atoms with van der Waals surface area (Å²) in [5.74, 6) is 0.885. The van der Waals surface area contributed by atoms with E-state index in [1.165, 1.54) is 24.3 Å². The summed E-state index contributed by atoms with van der Waals surface area (Å²) >= 11 is 6.13. The number of ether oxygens (including phenoxy) is 2. The Balaban J connectivity index is 1.40. The number of para-hydroxylation sites is 1. The van der Waals surface area contributed by atoms with Crippen molar-refractivity contribution in [3.05, 3.63) is 71.8 Å². The van der Waals surface area contributed by atoms with E-state index in [2.05, 4.69) is 40.7 Å². The second-order valence-corrected chi connectivity index (χ2v) is 11.9. The molecule has 1 amide bonds. The molecule has 7 nitrogen and oxygen atoms in total. The maximum atomic E-state index is 12.6. The number of anilines is 3. The molecule has 2 atom stereocenters. The molecule has 1 fully saturated rings. The molecule has 4 aromatic rings. The second kappa shape index (κ2) is 11.8. The van der Waals surface area contributed by atoms with E-state index in [1.807, 2.05) is 6.07 Å². The molecule has 1 aliphatic carbocycles. The van der Waals surface area contributed by atoms with Gasteiger partial charge in [-0.05, 0) is 79.1 Å². The molecule has 1 heterocycles. The van der Waals surface area contributed by atoms with E-state index in [9.17, 15) is 18.0 Å². The second-order valence-electron chi connectivity index (χ2n) is 11.5. The number of halogens is 4. The first-order valence-electron chi connectivity index (χ1n) is 13.7. The van der Waals surface area contributed by atoms with Gasteiger partial charge in [-0.15, -0.1) is 13.2 Å². The fourth-order valence-electron chi connectivity index (χ4n) is 5.89. The summed E-state index contributed by atoms with van der Waals surface area (Å²) in [5.41, 5.74) is 2.74. The average Bonchev–Trinajstić information content (AvgIpc) is 3.25. The van der Waals surface area contributed by atoms with E-state index in [0.29, 0.717) is 39.5 Å². The Morgan fingerprint density at radius 2 is 1.79 bits per heavy atom. The Labute approximate surface area is 247 Å². The summed E-state index contributed by atoms with van der Waals surface area (Å²) in [6, 6.07) is 18.1. The number of amides is 1. The average molecular weight is 601 g/mol. The van der Waals surface area contributed by atoms with Crippen molar-refractivity contribution < 1.29 is 27.4 Å². The van der Waals surface area contributed by atoms with Gasteiger partial charge in [0.2, 0.25) is 5.95 Å². The van der Waals surface area contributed by atoms with Gasteiger partial charge in [0.15, 0.2) is 6.61 Å². The molecule has 0 radical (unpaired) electrons. The van der Waals surface area contributed by atoms with Gasteiger partial charge in [0.1, 0.15) is 11.5 Å². The fourth-order valence-corrected chi connectivity index (χ4v) is 6.07. The number of hydrogen-bond acceptors (Lipinski definition) is 5. The van der Waals surface area contributed by atoms with Crippen molar-refractivity contribution >= 4 is 45.9 Å². The van der Waals surface area contributed by atoms with Gasteiger partial charge in [-0.2, -0.15) is 0 Å². The first kappa shape index (κ1) is 29.6. The van der Waals surface area contributed by atoms with Gasteiger partial charge in [-0.3, -0.25) is 4.79 Å². The molecule has 11 heteroatoms. The number of rotatable bonds is 8. The highest BCUT2D eigenvalue weighted by Crippen LogP contribution is 2.46. The van der Waals surface area contributed by atoms with Gasteiger partial charge in [-0.25, -0.2) is 4.98 Å². The lowest BCUT2D eigenvalue weighted by Gasteiger charge is -2.40. The van der Waals surface area contributed by atoms with Crippen LogP contribution in [0.2, 0.25) is 5.02 Å². The monoisotopic (exact) mass is 600 g/mol. The minimum absolute atomic E-state index is 0.130. The van der Waals surface area contributed by atoms with Crippen molar-refractivity contribution in [2.45, 2.75) is 52.4 Å². The highest BCUT2D eigenvalue weighted by molar-refractivity contribution is 6.33. The van der Waals surface area contributed by atoms with Crippen LogP contribution in [0, 0.1) is 11.3 Å². The van der Waals surface area contributed by atoms with E-state index in [0.717, 1.165) is 24.8 Å². The standard InChI is InChI=1S/C31H32ClF3N4O3/c1-19-14-21(17-30(2,3)16-19)39-27-13-12-23(41-18-28(40)37-25-7-5-4-6-24(25)32)15-26(27)38-29(39)36-20-8-10-22(11-9-20)42-31(33,34)35/h4-13,15,19,21H,14,16-18H2,1-3H3,(H,36,38)(H,37,40)/t19-,21-/m1/s1. The number of benzene rings is 3. The molecule has 1 aliphatic rings. The van der Waals surface area contributed by atoms with Crippen LogP contribution in [0.4, 0.5) is 30.5 Å². The van der Waals surface area contributed by atoms with E-state index < -0.39 is 6.36 Å². The number of nitrogens with one attached hydrogen (secondary N) is 2. The Hall–Kier alpha value is -3.92. The quantitative estimate of drug-likeness (QED) is 0.211. The Morgan fingerprint density at radius 3 is 2.48 bits per heavy atom. The van der Waals surface area contributed by atoms with Crippen molar-refractivity contribution in [2.75, 3.05) is 17.2 Å². The minimum atomic E-state index is -4.76. The van der Waals surface area contributed by atoms with Crippen LogP contribution in [-0.2, 0) is 4.79 Å². The fraction of sp³-hybridized carbons (Fsp3) is 0.355. The van der Waals surface area contributed by atoms with Crippen LogP contribution in [0.25, 0.3) is 11.0 Å². The predicted molar refractivity (Wildman–Crippen MR) is 158 cm³/mol. The third kappa shape index (κ3) is 7.28. The number of aromatic nitrogens is 2. The third-order valence-corrected chi connectivity index (χ3v) is 7.58. The summed E-state index contributed by atoms with van der Waals surface area (Å²) in [7, 11) is 0. The lowest BCUT2D eigenvalue weighted by atomic mass is 9.70. The van der Waals surface area contributed by atoms with Gasteiger partial charge in [0, 0.05) is 17.8 Å². The molecule has 1 aromatic heterocycles. The first-order valence-corrected chi connectivity index (χ1v) is 14.0. The van der Waals surface area contributed by atoms with E-state index in [1.54, 1.807) is 36.4 Å². The number of carbonyl (C=O) groups excluding carboxylic acids is 1. The van der Waals surface area contributed by atoms with Gasteiger partial charge in [0.25, 0.3) is 5.91 Å². The zero-order valence-electron chi connectivity index (χ0n) is 23.5. The Morgan fingerprint density at radius 1 is 1.07 bits per heavy atom. The van der Waals surface area contributed by atoms with Crippen LogP contribution < -0.4 is 20.1 Å². The molecule has 1 saturated carbocycles. The molecule has 3 aromatic carbocycles. The summed E-state index contributed by atoms with van der Waals surface area (Å²) in [5, 5.41) is 6.45. The molecular formula is C31H32ClF3N4O3. The number of carbonyl (C=O) groups is 1. The maximum Gasteiger partial charge on any atom is 0.573 e. The van der Waals surface area contributed by atoms with Crippen LogP contribution >= 0.6 is 11.6 Å². The molecule has 2 N–H and O–H groups in total. The van der Waals surface area contributed by atoms with E-state index in [-0.39, 0.29) is 29.7 Å². The summed E-state index contributed by atoms with van der Waals surface area (Å²) in [6.07, 6.45) is -1.74. The highest BCUT2D eigenvalue weighted by Gasteiger charge is 2.35.